The van der Waals surface area contributed by atoms with E-state index in [1.54, 1.807) is 18.7 Å². The Labute approximate surface area is 108 Å². The van der Waals surface area contributed by atoms with Gasteiger partial charge in [0.1, 0.15) is 5.37 Å². The van der Waals surface area contributed by atoms with Crippen LogP contribution >= 0.6 is 11.8 Å². The topological polar surface area (TPSA) is 87.2 Å². The maximum Gasteiger partial charge on any atom is 0.166 e. The van der Waals surface area contributed by atoms with Gasteiger partial charge in [0.05, 0.1) is 5.84 Å². The molecule has 1 atom stereocenters. The van der Waals surface area contributed by atoms with Crippen LogP contribution in [-0.2, 0) is 9.84 Å². The van der Waals surface area contributed by atoms with Crippen molar-refractivity contribution in [1.29, 1.82) is 5.41 Å². The zero-order chi connectivity index (χ0) is 12.9. The Bertz CT molecular complexity index is 357. The summed E-state index contributed by atoms with van der Waals surface area (Å²) in [6.45, 7) is 3.22. The molecule has 7 heteroatoms. The monoisotopic (exact) mass is 279 g/mol. The summed E-state index contributed by atoms with van der Waals surface area (Å²) in [4.78, 5) is 2.03. The highest BCUT2D eigenvalue weighted by molar-refractivity contribution is 8.01. The minimum absolute atomic E-state index is 0.172. The standard InChI is InChI=1S/C10H21N3O2S2/c1-2-17(14,15)10-8-16-7-6-13(10)5-3-4-9(11)12/h10H,2-8H2,1H3,(H3,11,12). The van der Waals surface area contributed by atoms with Crippen LogP contribution in [0.4, 0.5) is 0 Å². The summed E-state index contributed by atoms with van der Waals surface area (Å²) in [7, 11) is -3.00. The lowest BCUT2D eigenvalue weighted by molar-refractivity contribution is 0.268. The minimum Gasteiger partial charge on any atom is -0.388 e. The molecule has 1 saturated heterocycles. The van der Waals surface area contributed by atoms with Gasteiger partial charge in [-0.2, -0.15) is 11.8 Å². The molecule has 1 fully saturated rings. The first-order valence-electron chi connectivity index (χ1n) is 5.83. The first-order valence-corrected chi connectivity index (χ1v) is 8.70. The van der Waals surface area contributed by atoms with E-state index in [9.17, 15) is 8.42 Å². The van der Waals surface area contributed by atoms with Gasteiger partial charge in [-0.15, -0.1) is 0 Å². The van der Waals surface area contributed by atoms with Crippen molar-refractivity contribution in [3.05, 3.63) is 0 Å². The van der Waals surface area contributed by atoms with Gasteiger partial charge in [0, 0.05) is 30.2 Å². The van der Waals surface area contributed by atoms with Gasteiger partial charge >= 0.3 is 0 Å². The van der Waals surface area contributed by atoms with Crippen molar-refractivity contribution in [2.45, 2.75) is 25.1 Å². The Morgan fingerprint density at radius 2 is 2.29 bits per heavy atom. The Hall–Kier alpha value is -0.270. The highest BCUT2D eigenvalue weighted by Gasteiger charge is 2.32. The number of amidine groups is 1. The number of nitrogens with zero attached hydrogens (tertiary/aromatic N) is 1. The molecular weight excluding hydrogens is 258 g/mol. The average Bonchev–Trinajstić information content (AvgIpc) is 2.29. The molecule has 5 nitrogen and oxygen atoms in total. The third-order valence-corrected chi connectivity index (χ3v) is 6.23. The van der Waals surface area contributed by atoms with Gasteiger partial charge in [-0.1, -0.05) is 6.92 Å². The Balaban J connectivity index is 2.57. The predicted molar refractivity (Wildman–Crippen MR) is 73.3 cm³/mol. The molecule has 0 bridgehead atoms. The summed E-state index contributed by atoms with van der Waals surface area (Å²) < 4.78 is 23.9. The number of hydrogen-bond acceptors (Lipinski definition) is 5. The summed E-state index contributed by atoms with van der Waals surface area (Å²) in [5.74, 6) is 2.01. The molecule has 0 aliphatic carbocycles. The molecule has 1 rings (SSSR count). The van der Waals surface area contributed by atoms with E-state index in [2.05, 4.69) is 0 Å². The fraction of sp³-hybridized carbons (Fsp3) is 0.900. The first kappa shape index (κ1) is 14.8. The summed E-state index contributed by atoms with van der Waals surface area (Å²) in [6.07, 6.45) is 1.30. The van der Waals surface area contributed by atoms with Crippen LogP contribution in [0.25, 0.3) is 0 Å². The SMILES string of the molecule is CCS(=O)(=O)C1CSCCN1CCCC(=N)N. The smallest absolute Gasteiger partial charge is 0.166 e. The summed E-state index contributed by atoms with van der Waals surface area (Å²) >= 11 is 1.70. The van der Waals surface area contributed by atoms with Gasteiger partial charge in [-0.3, -0.25) is 10.3 Å². The second kappa shape index (κ2) is 6.61. The van der Waals surface area contributed by atoms with Crippen LogP contribution in [0.1, 0.15) is 19.8 Å². The van der Waals surface area contributed by atoms with Crippen LogP contribution in [0, 0.1) is 5.41 Å². The molecule has 0 aromatic carbocycles. The number of sulfone groups is 1. The van der Waals surface area contributed by atoms with Gasteiger partial charge < -0.3 is 5.73 Å². The van der Waals surface area contributed by atoms with Crippen LogP contribution in [0.2, 0.25) is 0 Å². The van der Waals surface area contributed by atoms with Crippen molar-refractivity contribution < 1.29 is 8.42 Å². The zero-order valence-electron chi connectivity index (χ0n) is 10.2. The maximum absolute atomic E-state index is 11.9. The quantitative estimate of drug-likeness (QED) is 0.546. The fourth-order valence-corrected chi connectivity index (χ4v) is 4.98. The molecule has 1 aliphatic rings. The molecular formula is C10H21N3O2S2. The lowest BCUT2D eigenvalue weighted by atomic mass is 10.2. The second-order valence-electron chi connectivity index (χ2n) is 4.15. The van der Waals surface area contributed by atoms with Crippen molar-refractivity contribution >= 4 is 27.4 Å². The molecule has 17 heavy (non-hydrogen) atoms. The lowest BCUT2D eigenvalue weighted by Crippen LogP contribution is -2.48. The van der Waals surface area contributed by atoms with E-state index in [0.29, 0.717) is 18.7 Å². The summed E-state index contributed by atoms with van der Waals surface area (Å²) in [5.41, 5.74) is 5.30. The summed E-state index contributed by atoms with van der Waals surface area (Å²) in [6, 6.07) is 0. The third kappa shape index (κ3) is 4.48. The molecule has 0 spiro atoms. The number of nitrogens with two attached hydrogens (primary N) is 1. The second-order valence-corrected chi connectivity index (χ2v) is 7.74. The van der Waals surface area contributed by atoms with E-state index in [-0.39, 0.29) is 17.0 Å². The molecule has 0 aromatic heterocycles. The van der Waals surface area contributed by atoms with Crippen LogP contribution < -0.4 is 5.73 Å². The molecule has 0 amide bonds. The van der Waals surface area contributed by atoms with Gasteiger partial charge in [0.2, 0.25) is 0 Å². The van der Waals surface area contributed by atoms with E-state index < -0.39 is 9.84 Å². The van der Waals surface area contributed by atoms with Gasteiger partial charge in [0.25, 0.3) is 0 Å². The fourth-order valence-electron chi connectivity index (χ4n) is 1.87. The van der Waals surface area contributed by atoms with Crippen molar-refractivity contribution in [3.63, 3.8) is 0 Å². The van der Waals surface area contributed by atoms with Gasteiger partial charge in [-0.05, 0) is 13.0 Å². The number of nitrogens with one attached hydrogen (secondary N) is 1. The minimum atomic E-state index is -3.00. The van der Waals surface area contributed by atoms with Crippen molar-refractivity contribution in [3.8, 4) is 0 Å². The Kier molecular flexibility index (Phi) is 5.75. The van der Waals surface area contributed by atoms with Gasteiger partial charge in [0.15, 0.2) is 9.84 Å². The Morgan fingerprint density at radius 1 is 1.59 bits per heavy atom. The molecule has 0 radical (unpaired) electrons. The molecule has 100 valence electrons. The van der Waals surface area contributed by atoms with Crippen LogP contribution in [0.5, 0.6) is 0 Å². The molecule has 1 unspecified atom stereocenters. The lowest BCUT2D eigenvalue weighted by Gasteiger charge is -2.34. The average molecular weight is 279 g/mol. The first-order chi connectivity index (χ1) is 7.97. The zero-order valence-corrected chi connectivity index (χ0v) is 11.8. The van der Waals surface area contributed by atoms with Crippen LogP contribution in [0.3, 0.4) is 0 Å². The summed E-state index contributed by atoms with van der Waals surface area (Å²) in [5, 5.41) is 6.81. The number of hydrogen-bond donors (Lipinski definition) is 2. The van der Waals surface area contributed by atoms with Crippen molar-refractivity contribution in [2.75, 3.05) is 30.3 Å². The molecule has 3 N–H and O–H groups in total. The molecule has 1 heterocycles. The Morgan fingerprint density at radius 3 is 2.88 bits per heavy atom. The predicted octanol–water partition coefficient (Wildman–Crippen LogP) is 0.512. The van der Waals surface area contributed by atoms with E-state index in [4.69, 9.17) is 11.1 Å². The van der Waals surface area contributed by atoms with E-state index in [1.807, 2.05) is 4.90 Å². The van der Waals surface area contributed by atoms with Crippen LogP contribution in [0.15, 0.2) is 0 Å². The van der Waals surface area contributed by atoms with Crippen molar-refractivity contribution in [2.24, 2.45) is 5.73 Å². The highest BCUT2D eigenvalue weighted by Crippen LogP contribution is 2.21. The molecule has 0 saturated carbocycles. The maximum atomic E-state index is 11.9. The van der Waals surface area contributed by atoms with Gasteiger partial charge in [-0.25, -0.2) is 8.42 Å². The highest BCUT2D eigenvalue weighted by atomic mass is 32.2. The third-order valence-electron chi connectivity index (χ3n) is 2.90. The van der Waals surface area contributed by atoms with Crippen LogP contribution in [-0.4, -0.2) is 54.9 Å². The van der Waals surface area contributed by atoms with E-state index in [1.165, 1.54) is 0 Å². The normalized spacial score (nSPS) is 22.5. The molecule has 0 aromatic rings. The van der Waals surface area contributed by atoms with Crippen molar-refractivity contribution in [1.82, 2.24) is 4.90 Å². The largest absolute Gasteiger partial charge is 0.388 e. The number of thioether (sulfide) groups is 1. The van der Waals surface area contributed by atoms with E-state index in [0.717, 1.165) is 18.7 Å². The molecule has 1 aliphatic heterocycles. The number of rotatable bonds is 6. The van der Waals surface area contributed by atoms with E-state index >= 15 is 0 Å².